The maximum absolute atomic E-state index is 12.4. The van der Waals surface area contributed by atoms with Gasteiger partial charge >= 0.3 is 0 Å². The number of rotatable bonds is 2. The molecule has 1 aliphatic heterocycles. The first kappa shape index (κ1) is 14.3. The molecule has 2 aromatic carbocycles. The number of benzene rings is 2. The summed E-state index contributed by atoms with van der Waals surface area (Å²) in [5, 5.41) is 0.680. The van der Waals surface area contributed by atoms with Crippen LogP contribution in [-0.4, -0.2) is 33.9 Å². The molecule has 4 rings (SSSR count). The lowest BCUT2D eigenvalue weighted by atomic mass is 10.1. The molecule has 5 heteroatoms. The van der Waals surface area contributed by atoms with Crippen LogP contribution in [0, 0.1) is 0 Å². The number of hydrogen-bond acceptors (Lipinski definition) is 2. The molecule has 0 saturated carbocycles. The summed E-state index contributed by atoms with van der Waals surface area (Å²) in [4.78, 5) is 22.1. The number of H-pyrrole nitrogens is 1. The van der Waals surface area contributed by atoms with Crippen molar-refractivity contribution in [3.63, 3.8) is 0 Å². The van der Waals surface area contributed by atoms with Crippen LogP contribution in [0.2, 0.25) is 5.02 Å². The molecule has 3 aromatic rings. The van der Waals surface area contributed by atoms with E-state index in [0.717, 1.165) is 53.9 Å². The summed E-state index contributed by atoms with van der Waals surface area (Å²) < 4.78 is 0. The Balaban J connectivity index is 1.62. The number of carbonyl (C=O) groups excluding carboxylic acids is 1. The SMILES string of the molecule is O=C(c1ccc(-c2nc3ccc(Cl)cc3[nH]2)cc1)N1CCCC1. The van der Waals surface area contributed by atoms with Gasteiger partial charge in [0.1, 0.15) is 5.82 Å². The molecule has 1 amide bonds. The average Bonchev–Trinajstić information content (AvgIpc) is 3.23. The van der Waals surface area contributed by atoms with E-state index in [0.29, 0.717) is 5.02 Å². The lowest BCUT2D eigenvalue weighted by molar-refractivity contribution is 0.0793. The van der Waals surface area contributed by atoms with Gasteiger partial charge < -0.3 is 9.88 Å². The first-order valence-electron chi connectivity index (χ1n) is 7.76. The summed E-state index contributed by atoms with van der Waals surface area (Å²) in [6.45, 7) is 1.73. The van der Waals surface area contributed by atoms with E-state index in [-0.39, 0.29) is 5.91 Å². The molecule has 0 aliphatic carbocycles. The number of hydrogen-bond donors (Lipinski definition) is 1. The zero-order valence-electron chi connectivity index (χ0n) is 12.6. The van der Waals surface area contributed by atoms with Gasteiger partial charge in [-0.3, -0.25) is 4.79 Å². The topological polar surface area (TPSA) is 49.0 Å². The third-order valence-electron chi connectivity index (χ3n) is 4.24. The highest BCUT2D eigenvalue weighted by molar-refractivity contribution is 6.31. The Morgan fingerprint density at radius 3 is 2.57 bits per heavy atom. The largest absolute Gasteiger partial charge is 0.339 e. The second-order valence-corrected chi connectivity index (χ2v) is 6.26. The van der Waals surface area contributed by atoms with E-state index >= 15 is 0 Å². The van der Waals surface area contributed by atoms with Gasteiger partial charge in [-0.2, -0.15) is 0 Å². The smallest absolute Gasteiger partial charge is 0.253 e. The number of amides is 1. The monoisotopic (exact) mass is 325 g/mol. The van der Waals surface area contributed by atoms with Gasteiger partial charge in [0, 0.05) is 29.2 Å². The average molecular weight is 326 g/mol. The standard InChI is InChI=1S/C18H16ClN3O/c19-14-7-8-15-16(11-14)21-17(20-15)12-3-5-13(6-4-12)18(23)22-9-1-2-10-22/h3-8,11H,1-2,9-10H2,(H,20,21). The van der Waals surface area contributed by atoms with Crippen LogP contribution in [0.5, 0.6) is 0 Å². The number of nitrogens with one attached hydrogen (secondary N) is 1. The van der Waals surface area contributed by atoms with Crippen molar-refractivity contribution in [2.75, 3.05) is 13.1 Å². The first-order valence-corrected chi connectivity index (χ1v) is 8.13. The van der Waals surface area contributed by atoms with Crippen LogP contribution >= 0.6 is 11.6 Å². The molecule has 0 unspecified atom stereocenters. The Labute approximate surface area is 139 Å². The zero-order chi connectivity index (χ0) is 15.8. The summed E-state index contributed by atoms with van der Waals surface area (Å²) >= 11 is 6.00. The van der Waals surface area contributed by atoms with Gasteiger partial charge in [-0.05, 0) is 43.2 Å². The predicted molar refractivity (Wildman–Crippen MR) is 91.7 cm³/mol. The van der Waals surface area contributed by atoms with Crippen LogP contribution in [0.1, 0.15) is 23.2 Å². The lowest BCUT2D eigenvalue weighted by Gasteiger charge is -2.15. The third-order valence-corrected chi connectivity index (χ3v) is 4.48. The first-order chi connectivity index (χ1) is 11.2. The van der Waals surface area contributed by atoms with E-state index in [1.54, 1.807) is 0 Å². The maximum atomic E-state index is 12.4. The summed E-state index contributed by atoms with van der Waals surface area (Å²) in [7, 11) is 0. The molecule has 2 heterocycles. The molecule has 0 bridgehead atoms. The number of fused-ring (bicyclic) bond motifs is 1. The second kappa shape index (κ2) is 5.70. The Morgan fingerprint density at radius 2 is 1.83 bits per heavy atom. The summed E-state index contributed by atoms with van der Waals surface area (Å²) in [5.41, 5.74) is 3.47. The van der Waals surface area contributed by atoms with E-state index in [1.165, 1.54) is 0 Å². The quantitative estimate of drug-likeness (QED) is 0.770. The van der Waals surface area contributed by atoms with Gasteiger partial charge in [0.15, 0.2) is 0 Å². The normalized spacial score (nSPS) is 14.6. The molecule has 1 saturated heterocycles. The lowest BCUT2D eigenvalue weighted by Crippen LogP contribution is -2.27. The van der Waals surface area contributed by atoms with Gasteiger partial charge in [0.05, 0.1) is 11.0 Å². The minimum absolute atomic E-state index is 0.116. The van der Waals surface area contributed by atoms with Crippen molar-refractivity contribution in [2.45, 2.75) is 12.8 Å². The zero-order valence-corrected chi connectivity index (χ0v) is 13.3. The number of halogens is 1. The molecule has 0 radical (unpaired) electrons. The summed E-state index contributed by atoms with van der Waals surface area (Å²) in [6.07, 6.45) is 2.21. The Bertz CT molecular complexity index is 864. The minimum atomic E-state index is 0.116. The molecule has 116 valence electrons. The van der Waals surface area contributed by atoms with Crippen LogP contribution in [0.15, 0.2) is 42.5 Å². The van der Waals surface area contributed by atoms with Crippen LogP contribution < -0.4 is 0 Å². The number of likely N-dealkylation sites (tertiary alicyclic amines) is 1. The molecular weight excluding hydrogens is 310 g/mol. The van der Waals surface area contributed by atoms with Crippen LogP contribution in [0.3, 0.4) is 0 Å². The highest BCUT2D eigenvalue weighted by Crippen LogP contribution is 2.23. The van der Waals surface area contributed by atoms with Crippen molar-refractivity contribution in [2.24, 2.45) is 0 Å². The number of nitrogens with zero attached hydrogens (tertiary/aromatic N) is 2. The highest BCUT2D eigenvalue weighted by atomic mass is 35.5. The Morgan fingerprint density at radius 1 is 1.09 bits per heavy atom. The summed E-state index contributed by atoms with van der Waals surface area (Å²) in [6, 6.07) is 13.2. The fourth-order valence-corrected chi connectivity index (χ4v) is 3.16. The van der Waals surface area contributed by atoms with Crippen LogP contribution in [0.25, 0.3) is 22.4 Å². The summed E-state index contributed by atoms with van der Waals surface area (Å²) in [5.74, 6) is 0.896. The van der Waals surface area contributed by atoms with E-state index in [9.17, 15) is 4.79 Å². The minimum Gasteiger partial charge on any atom is -0.339 e. The van der Waals surface area contributed by atoms with Gasteiger partial charge in [-0.15, -0.1) is 0 Å². The molecule has 1 aliphatic rings. The van der Waals surface area contributed by atoms with E-state index in [1.807, 2.05) is 47.4 Å². The maximum Gasteiger partial charge on any atom is 0.253 e. The Hall–Kier alpha value is -2.33. The number of aromatic nitrogens is 2. The second-order valence-electron chi connectivity index (χ2n) is 5.82. The molecule has 23 heavy (non-hydrogen) atoms. The molecule has 1 N–H and O–H groups in total. The molecular formula is C18H16ClN3O. The molecule has 4 nitrogen and oxygen atoms in total. The van der Waals surface area contributed by atoms with Gasteiger partial charge in [-0.25, -0.2) is 4.98 Å². The molecule has 1 aromatic heterocycles. The van der Waals surface area contributed by atoms with Crippen molar-refractivity contribution in [1.29, 1.82) is 0 Å². The van der Waals surface area contributed by atoms with Crippen molar-refractivity contribution in [3.05, 3.63) is 53.1 Å². The number of aromatic amines is 1. The van der Waals surface area contributed by atoms with Crippen LogP contribution in [-0.2, 0) is 0 Å². The molecule has 1 fully saturated rings. The molecule has 0 spiro atoms. The van der Waals surface area contributed by atoms with Crippen molar-refractivity contribution < 1.29 is 4.79 Å². The van der Waals surface area contributed by atoms with Crippen molar-refractivity contribution >= 4 is 28.5 Å². The van der Waals surface area contributed by atoms with Crippen molar-refractivity contribution in [3.8, 4) is 11.4 Å². The fourth-order valence-electron chi connectivity index (χ4n) is 2.99. The molecule has 0 atom stereocenters. The number of carbonyl (C=O) groups is 1. The van der Waals surface area contributed by atoms with E-state index < -0.39 is 0 Å². The Kier molecular flexibility index (Phi) is 3.54. The number of imidazole rings is 1. The van der Waals surface area contributed by atoms with E-state index in [2.05, 4.69) is 9.97 Å². The van der Waals surface area contributed by atoms with Crippen LogP contribution in [0.4, 0.5) is 0 Å². The van der Waals surface area contributed by atoms with E-state index in [4.69, 9.17) is 11.6 Å². The third kappa shape index (κ3) is 2.70. The van der Waals surface area contributed by atoms with Gasteiger partial charge in [0.25, 0.3) is 5.91 Å². The predicted octanol–water partition coefficient (Wildman–Crippen LogP) is 4.12. The van der Waals surface area contributed by atoms with Gasteiger partial charge in [0.2, 0.25) is 0 Å². The van der Waals surface area contributed by atoms with Crippen molar-refractivity contribution in [1.82, 2.24) is 14.9 Å². The highest BCUT2D eigenvalue weighted by Gasteiger charge is 2.19. The van der Waals surface area contributed by atoms with Gasteiger partial charge in [-0.1, -0.05) is 23.7 Å². The fraction of sp³-hybridized carbons (Fsp3) is 0.222.